The quantitative estimate of drug-likeness (QED) is 0.517. The number of nitrogens with one attached hydrogen (secondary N) is 2. The van der Waals surface area contributed by atoms with Gasteiger partial charge in [0.25, 0.3) is 0 Å². The van der Waals surface area contributed by atoms with Crippen LogP contribution in [0.4, 0.5) is 11.4 Å². The number of carbonyl (C=O) groups excluding carboxylic acids is 2. The highest BCUT2D eigenvalue weighted by atomic mass is 16.3. The van der Waals surface area contributed by atoms with Crippen molar-refractivity contribution in [1.82, 2.24) is 0 Å². The van der Waals surface area contributed by atoms with Crippen LogP contribution < -0.4 is 10.6 Å². The Labute approximate surface area is 180 Å². The van der Waals surface area contributed by atoms with Gasteiger partial charge in [-0.25, -0.2) is 0 Å². The molecule has 0 saturated heterocycles. The molecule has 0 aromatic heterocycles. The van der Waals surface area contributed by atoms with Gasteiger partial charge in [-0.3, -0.25) is 9.59 Å². The standard InChI is InChI=1S/C26H22N2O3/c29-19-12-9-16(10-13-19)25-24-21(7-4-8-23(24)30)27-22-15-18(11-14-20(22)28-25)26(31)17-5-2-1-3-6-17/h1-3,5-6,9-15,25,27-29H,4,7-8H2/t25-/m1/s1. The molecule has 0 amide bonds. The van der Waals surface area contributed by atoms with Crippen LogP contribution in [0.5, 0.6) is 5.75 Å². The zero-order valence-corrected chi connectivity index (χ0v) is 16.9. The van der Waals surface area contributed by atoms with E-state index >= 15 is 0 Å². The molecule has 0 saturated carbocycles. The van der Waals surface area contributed by atoms with E-state index in [4.69, 9.17) is 0 Å². The monoisotopic (exact) mass is 410 g/mol. The number of fused-ring (bicyclic) bond motifs is 1. The van der Waals surface area contributed by atoms with Crippen LogP contribution in [0.3, 0.4) is 0 Å². The summed E-state index contributed by atoms with van der Waals surface area (Å²) in [5, 5.41) is 16.6. The molecule has 2 aliphatic rings. The van der Waals surface area contributed by atoms with Gasteiger partial charge in [-0.1, -0.05) is 42.5 Å². The number of rotatable bonds is 3. The van der Waals surface area contributed by atoms with Crippen LogP contribution in [0.1, 0.15) is 46.8 Å². The molecule has 5 nitrogen and oxygen atoms in total. The zero-order chi connectivity index (χ0) is 21.4. The maximum Gasteiger partial charge on any atom is 0.193 e. The Bertz CT molecular complexity index is 1200. The third kappa shape index (κ3) is 3.59. The van der Waals surface area contributed by atoms with E-state index in [1.165, 1.54) is 0 Å². The minimum absolute atomic E-state index is 0.0431. The van der Waals surface area contributed by atoms with Crippen LogP contribution in [-0.2, 0) is 4.79 Å². The fourth-order valence-electron chi connectivity index (χ4n) is 4.31. The number of carbonyl (C=O) groups is 2. The van der Waals surface area contributed by atoms with Gasteiger partial charge in [-0.2, -0.15) is 0 Å². The van der Waals surface area contributed by atoms with Crippen LogP contribution in [0.25, 0.3) is 0 Å². The van der Waals surface area contributed by atoms with Crippen molar-refractivity contribution in [3.05, 3.63) is 101 Å². The SMILES string of the molecule is O=C1CCCC2=C1[C@@H](c1ccc(O)cc1)Nc1ccc(C(=O)c3ccccc3)cc1N2. The van der Waals surface area contributed by atoms with Crippen molar-refractivity contribution in [2.45, 2.75) is 25.3 Å². The lowest BCUT2D eigenvalue weighted by molar-refractivity contribution is -0.116. The van der Waals surface area contributed by atoms with Gasteiger partial charge in [0.2, 0.25) is 0 Å². The van der Waals surface area contributed by atoms with Crippen molar-refractivity contribution < 1.29 is 14.7 Å². The van der Waals surface area contributed by atoms with E-state index in [1.54, 1.807) is 24.3 Å². The second-order valence-electron chi connectivity index (χ2n) is 7.92. The first kappa shape index (κ1) is 19.1. The highest BCUT2D eigenvalue weighted by Crippen LogP contribution is 2.41. The van der Waals surface area contributed by atoms with E-state index in [0.717, 1.165) is 41.1 Å². The molecule has 3 aromatic carbocycles. The largest absolute Gasteiger partial charge is 0.508 e. The maximum absolute atomic E-state index is 12.9. The third-order valence-electron chi connectivity index (χ3n) is 5.87. The Hall–Kier alpha value is -3.86. The first-order chi connectivity index (χ1) is 15.1. The van der Waals surface area contributed by atoms with Gasteiger partial charge in [-0.05, 0) is 48.7 Å². The molecule has 3 aromatic rings. The van der Waals surface area contributed by atoms with Gasteiger partial charge < -0.3 is 15.7 Å². The average Bonchev–Trinajstić information content (AvgIpc) is 2.96. The number of phenols is 1. The number of anilines is 2. The van der Waals surface area contributed by atoms with Crippen molar-refractivity contribution in [3.63, 3.8) is 0 Å². The predicted octanol–water partition coefficient (Wildman–Crippen LogP) is 5.21. The molecule has 3 N–H and O–H groups in total. The van der Waals surface area contributed by atoms with E-state index in [-0.39, 0.29) is 23.4 Å². The summed E-state index contributed by atoms with van der Waals surface area (Å²) in [6.45, 7) is 0. The van der Waals surface area contributed by atoms with Gasteiger partial charge in [0.1, 0.15) is 5.75 Å². The number of hydrogen-bond acceptors (Lipinski definition) is 5. The molecule has 1 aliphatic carbocycles. The fraction of sp³-hybridized carbons (Fsp3) is 0.154. The molecule has 5 rings (SSSR count). The molecule has 1 atom stereocenters. The van der Waals surface area contributed by atoms with Gasteiger partial charge in [0.05, 0.1) is 17.4 Å². The Balaban J connectivity index is 1.58. The summed E-state index contributed by atoms with van der Waals surface area (Å²) in [4.78, 5) is 25.8. The first-order valence-corrected chi connectivity index (χ1v) is 10.4. The van der Waals surface area contributed by atoms with E-state index in [1.807, 2.05) is 48.5 Å². The Kier molecular flexibility index (Phi) is 4.79. The number of hydrogen-bond donors (Lipinski definition) is 3. The summed E-state index contributed by atoms with van der Waals surface area (Å²) in [5.41, 5.74) is 5.36. The molecule has 0 unspecified atom stereocenters. The lowest BCUT2D eigenvalue weighted by atomic mass is 9.87. The lowest BCUT2D eigenvalue weighted by Crippen LogP contribution is -2.23. The van der Waals surface area contributed by atoms with Gasteiger partial charge in [0.15, 0.2) is 11.6 Å². The minimum Gasteiger partial charge on any atom is -0.508 e. The van der Waals surface area contributed by atoms with Gasteiger partial charge >= 0.3 is 0 Å². The third-order valence-corrected chi connectivity index (χ3v) is 5.87. The van der Waals surface area contributed by atoms with Crippen LogP contribution >= 0.6 is 0 Å². The number of phenolic OH excluding ortho intramolecular Hbond substituents is 1. The number of Topliss-reactive ketones (excluding diaryl/α,β-unsaturated/α-hetero) is 1. The van der Waals surface area contributed by atoms with Crippen LogP contribution in [-0.4, -0.2) is 16.7 Å². The molecule has 31 heavy (non-hydrogen) atoms. The second kappa shape index (κ2) is 7.76. The Morgan fingerprint density at radius 1 is 0.871 bits per heavy atom. The van der Waals surface area contributed by atoms with Gasteiger partial charge in [-0.15, -0.1) is 0 Å². The molecule has 0 radical (unpaired) electrons. The molecule has 1 aliphatic heterocycles. The summed E-state index contributed by atoms with van der Waals surface area (Å²) in [6, 6.07) is 21.3. The van der Waals surface area contributed by atoms with Gasteiger partial charge in [0, 0.05) is 28.8 Å². The molecule has 5 heteroatoms. The summed E-state index contributed by atoms with van der Waals surface area (Å²) in [6.07, 6.45) is 2.09. The molecular formula is C26H22N2O3. The van der Waals surface area contributed by atoms with Crippen molar-refractivity contribution >= 4 is 22.9 Å². The summed E-state index contributed by atoms with van der Waals surface area (Å²) in [5.74, 6) is 0.260. The maximum atomic E-state index is 12.9. The summed E-state index contributed by atoms with van der Waals surface area (Å²) >= 11 is 0. The number of ketones is 2. The predicted molar refractivity (Wildman–Crippen MR) is 120 cm³/mol. The van der Waals surface area contributed by atoms with Crippen molar-refractivity contribution in [2.24, 2.45) is 0 Å². The topological polar surface area (TPSA) is 78.4 Å². The van der Waals surface area contributed by atoms with Crippen molar-refractivity contribution in [2.75, 3.05) is 10.6 Å². The highest BCUT2D eigenvalue weighted by Gasteiger charge is 2.32. The van der Waals surface area contributed by atoms with Crippen molar-refractivity contribution in [1.29, 1.82) is 0 Å². The molecule has 0 bridgehead atoms. The van der Waals surface area contributed by atoms with Crippen LogP contribution in [0.15, 0.2) is 84.1 Å². The first-order valence-electron chi connectivity index (χ1n) is 10.4. The van der Waals surface area contributed by atoms with E-state index in [2.05, 4.69) is 10.6 Å². The molecule has 0 spiro atoms. The summed E-state index contributed by atoms with van der Waals surface area (Å²) in [7, 11) is 0. The number of aromatic hydroxyl groups is 1. The fourth-order valence-corrected chi connectivity index (χ4v) is 4.31. The molecular weight excluding hydrogens is 388 g/mol. The summed E-state index contributed by atoms with van der Waals surface area (Å²) < 4.78 is 0. The van der Waals surface area contributed by atoms with E-state index in [9.17, 15) is 14.7 Å². The molecule has 0 fully saturated rings. The average molecular weight is 410 g/mol. The van der Waals surface area contributed by atoms with Crippen LogP contribution in [0, 0.1) is 0 Å². The Morgan fingerprint density at radius 2 is 1.65 bits per heavy atom. The number of benzene rings is 3. The normalized spacial score (nSPS) is 17.7. The highest BCUT2D eigenvalue weighted by molar-refractivity contribution is 6.10. The smallest absolute Gasteiger partial charge is 0.193 e. The van der Waals surface area contributed by atoms with E-state index in [0.29, 0.717) is 17.5 Å². The molecule has 154 valence electrons. The van der Waals surface area contributed by atoms with E-state index < -0.39 is 0 Å². The lowest BCUT2D eigenvalue weighted by Gasteiger charge is -2.25. The van der Waals surface area contributed by atoms with Crippen molar-refractivity contribution in [3.8, 4) is 5.75 Å². The number of allylic oxidation sites excluding steroid dienone is 1. The van der Waals surface area contributed by atoms with Crippen LogP contribution in [0.2, 0.25) is 0 Å². The Morgan fingerprint density at radius 3 is 2.42 bits per heavy atom. The molecule has 1 heterocycles. The second-order valence-corrected chi connectivity index (χ2v) is 7.92. The zero-order valence-electron chi connectivity index (χ0n) is 16.9. The minimum atomic E-state index is -0.326.